The summed E-state index contributed by atoms with van der Waals surface area (Å²) in [6, 6.07) is 0. The summed E-state index contributed by atoms with van der Waals surface area (Å²) in [5.74, 6) is 0.272. The maximum atomic E-state index is 8.56. The fraction of sp³-hybridized carbons (Fsp3) is 0.917. The lowest BCUT2D eigenvalue weighted by atomic mass is 10.3. The molecule has 0 atom stereocenters. The zero-order valence-electron chi connectivity index (χ0n) is 11.8. The number of morpholine rings is 1. The van der Waals surface area contributed by atoms with Crippen LogP contribution < -0.4 is 5.73 Å². The molecule has 0 bridgehead atoms. The molecule has 0 amide bonds. The second kappa shape index (κ2) is 9.96. The van der Waals surface area contributed by atoms with Gasteiger partial charge in [0.05, 0.1) is 19.8 Å². The van der Waals surface area contributed by atoms with Crippen LogP contribution in [0.4, 0.5) is 0 Å². The smallest absolute Gasteiger partial charge is 0.140 e. The van der Waals surface area contributed by atoms with E-state index in [0.717, 1.165) is 52.5 Å². The number of methoxy groups -OCH3 is 1. The molecule has 1 saturated heterocycles. The Morgan fingerprint density at radius 3 is 2.74 bits per heavy atom. The molecule has 0 aromatic rings. The molecule has 0 spiro atoms. The molecular formula is C12H26N4O3. The molecule has 1 fully saturated rings. The highest BCUT2D eigenvalue weighted by Crippen LogP contribution is 1.99. The minimum atomic E-state index is 0.272. The van der Waals surface area contributed by atoms with Crippen LogP contribution in [0.15, 0.2) is 5.16 Å². The Morgan fingerprint density at radius 2 is 2.11 bits per heavy atom. The number of rotatable bonds is 9. The SMILES string of the molecule is COCCN(CCC(N)=NO)CCN1CCOCC1. The van der Waals surface area contributed by atoms with Gasteiger partial charge in [-0.15, -0.1) is 0 Å². The van der Waals surface area contributed by atoms with Crippen molar-refractivity contribution < 1.29 is 14.7 Å². The van der Waals surface area contributed by atoms with Crippen LogP contribution in [0.1, 0.15) is 6.42 Å². The monoisotopic (exact) mass is 274 g/mol. The summed E-state index contributed by atoms with van der Waals surface area (Å²) in [6.45, 7) is 7.95. The van der Waals surface area contributed by atoms with E-state index in [-0.39, 0.29) is 5.84 Å². The summed E-state index contributed by atoms with van der Waals surface area (Å²) in [4.78, 5) is 4.67. The van der Waals surface area contributed by atoms with Gasteiger partial charge in [-0.2, -0.15) is 0 Å². The van der Waals surface area contributed by atoms with Gasteiger partial charge in [0.25, 0.3) is 0 Å². The Morgan fingerprint density at radius 1 is 1.37 bits per heavy atom. The lowest BCUT2D eigenvalue weighted by Crippen LogP contribution is -2.42. The highest BCUT2D eigenvalue weighted by Gasteiger charge is 2.12. The average Bonchev–Trinajstić information content (AvgIpc) is 2.47. The van der Waals surface area contributed by atoms with E-state index >= 15 is 0 Å². The number of nitrogens with zero attached hydrogens (tertiary/aromatic N) is 3. The molecule has 0 saturated carbocycles. The Balaban J connectivity index is 2.26. The molecule has 7 nitrogen and oxygen atoms in total. The standard InChI is InChI=1S/C12H26N4O3/c1-18-9-6-15(3-2-12(13)14-17)4-5-16-7-10-19-11-8-16/h17H,2-11H2,1H3,(H2,13,14). The highest BCUT2D eigenvalue weighted by atomic mass is 16.5. The number of amidine groups is 1. The van der Waals surface area contributed by atoms with Crippen molar-refractivity contribution in [3.8, 4) is 0 Å². The Kier molecular flexibility index (Phi) is 8.48. The summed E-state index contributed by atoms with van der Waals surface area (Å²) < 4.78 is 10.4. The molecule has 7 heteroatoms. The van der Waals surface area contributed by atoms with Gasteiger partial charge < -0.3 is 20.4 Å². The largest absolute Gasteiger partial charge is 0.409 e. The first-order valence-corrected chi connectivity index (χ1v) is 6.74. The number of ether oxygens (including phenoxy) is 2. The quantitative estimate of drug-likeness (QED) is 0.253. The molecule has 0 aliphatic carbocycles. The lowest BCUT2D eigenvalue weighted by molar-refractivity contribution is 0.0321. The topological polar surface area (TPSA) is 83.5 Å². The molecule has 1 aliphatic heterocycles. The molecule has 1 rings (SSSR count). The zero-order chi connectivity index (χ0) is 13.9. The predicted molar refractivity (Wildman–Crippen MR) is 73.6 cm³/mol. The molecule has 1 aliphatic rings. The van der Waals surface area contributed by atoms with E-state index in [0.29, 0.717) is 13.0 Å². The van der Waals surface area contributed by atoms with E-state index in [1.165, 1.54) is 0 Å². The second-order valence-corrected chi connectivity index (χ2v) is 4.63. The number of nitrogens with two attached hydrogens (primary N) is 1. The first-order valence-electron chi connectivity index (χ1n) is 6.74. The third-order valence-electron chi connectivity index (χ3n) is 3.26. The Hall–Kier alpha value is -0.890. The van der Waals surface area contributed by atoms with E-state index < -0.39 is 0 Å². The Labute approximate surface area is 114 Å². The summed E-state index contributed by atoms with van der Waals surface area (Å²) in [5, 5.41) is 11.6. The van der Waals surface area contributed by atoms with Gasteiger partial charge in [0.1, 0.15) is 5.84 Å². The second-order valence-electron chi connectivity index (χ2n) is 4.63. The van der Waals surface area contributed by atoms with Crippen LogP contribution in [0.2, 0.25) is 0 Å². The van der Waals surface area contributed by atoms with Crippen molar-refractivity contribution in [3.05, 3.63) is 0 Å². The lowest BCUT2D eigenvalue weighted by Gasteiger charge is -2.29. The van der Waals surface area contributed by atoms with Crippen molar-refractivity contribution in [1.29, 1.82) is 0 Å². The van der Waals surface area contributed by atoms with Gasteiger partial charge >= 0.3 is 0 Å². The molecular weight excluding hydrogens is 248 g/mol. The fourth-order valence-electron chi connectivity index (χ4n) is 1.99. The summed E-state index contributed by atoms with van der Waals surface area (Å²) in [5.41, 5.74) is 5.50. The van der Waals surface area contributed by atoms with Gasteiger partial charge in [0.15, 0.2) is 0 Å². The van der Waals surface area contributed by atoms with E-state index in [1.807, 2.05) is 0 Å². The molecule has 19 heavy (non-hydrogen) atoms. The van der Waals surface area contributed by atoms with Gasteiger partial charge in [-0.05, 0) is 0 Å². The molecule has 0 radical (unpaired) electrons. The highest BCUT2D eigenvalue weighted by molar-refractivity contribution is 5.79. The summed E-state index contributed by atoms with van der Waals surface area (Å²) in [7, 11) is 1.70. The zero-order valence-corrected chi connectivity index (χ0v) is 11.8. The molecule has 3 N–H and O–H groups in total. The van der Waals surface area contributed by atoms with Gasteiger partial charge in [-0.1, -0.05) is 5.16 Å². The van der Waals surface area contributed by atoms with E-state index in [4.69, 9.17) is 20.4 Å². The van der Waals surface area contributed by atoms with Crippen LogP contribution in [0.25, 0.3) is 0 Å². The van der Waals surface area contributed by atoms with Crippen LogP contribution >= 0.6 is 0 Å². The van der Waals surface area contributed by atoms with Crippen LogP contribution in [-0.4, -0.2) is 87.0 Å². The normalized spacial score (nSPS) is 18.1. The average molecular weight is 274 g/mol. The number of hydrogen-bond acceptors (Lipinski definition) is 6. The van der Waals surface area contributed by atoms with Crippen molar-refractivity contribution >= 4 is 5.84 Å². The Bertz CT molecular complexity index is 257. The maximum Gasteiger partial charge on any atom is 0.140 e. The van der Waals surface area contributed by atoms with Crippen LogP contribution in [0.3, 0.4) is 0 Å². The van der Waals surface area contributed by atoms with Crippen LogP contribution in [0, 0.1) is 0 Å². The van der Waals surface area contributed by atoms with Crippen molar-refractivity contribution in [3.63, 3.8) is 0 Å². The minimum absolute atomic E-state index is 0.272. The minimum Gasteiger partial charge on any atom is -0.409 e. The van der Waals surface area contributed by atoms with Crippen molar-refractivity contribution in [1.82, 2.24) is 9.80 Å². The first-order chi connectivity index (χ1) is 9.26. The van der Waals surface area contributed by atoms with Crippen LogP contribution in [-0.2, 0) is 9.47 Å². The third-order valence-corrected chi connectivity index (χ3v) is 3.26. The maximum absolute atomic E-state index is 8.56. The van der Waals surface area contributed by atoms with Gasteiger partial charge in [-0.25, -0.2) is 0 Å². The molecule has 0 aromatic carbocycles. The molecule has 0 aromatic heterocycles. The number of hydrogen-bond donors (Lipinski definition) is 2. The van der Waals surface area contributed by atoms with Crippen molar-refractivity contribution in [2.45, 2.75) is 6.42 Å². The van der Waals surface area contributed by atoms with E-state index in [1.54, 1.807) is 7.11 Å². The summed E-state index contributed by atoms with van der Waals surface area (Å²) >= 11 is 0. The van der Waals surface area contributed by atoms with E-state index in [2.05, 4.69) is 15.0 Å². The van der Waals surface area contributed by atoms with Crippen molar-refractivity contribution in [2.75, 3.05) is 66.2 Å². The van der Waals surface area contributed by atoms with Gasteiger partial charge in [0.2, 0.25) is 0 Å². The molecule has 0 unspecified atom stereocenters. The van der Waals surface area contributed by atoms with E-state index in [9.17, 15) is 0 Å². The van der Waals surface area contributed by atoms with Crippen LogP contribution in [0.5, 0.6) is 0 Å². The van der Waals surface area contributed by atoms with Gasteiger partial charge in [-0.3, -0.25) is 9.80 Å². The number of oxime groups is 1. The van der Waals surface area contributed by atoms with Crippen molar-refractivity contribution in [2.24, 2.45) is 10.9 Å². The predicted octanol–water partition coefficient (Wildman–Crippen LogP) is -0.596. The molecule has 1 heterocycles. The fourth-order valence-corrected chi connectivity index (χ4v) is 1.99. The molecule has 112 valence electrons. The first kappa shape index (κ1) is 16.2. The van der Waals surface area contributed by atoms with Gasteiger partial charge in [0, 0.05) is 52.8 Å². The third kappa shape index (κ3) is 7.31. The summed E-state index contributed by atoms with van der Waals surface area (Å²) in [6.07, 6.45) is 0.573.